The number of nitrogens with one attached hydrogen (secondary N) is 1. The molecule has 2 unspecified atom stereocenters. The van der Waals surface area contributed by atoms with E-state index in [0.29, 0.717) is 17.8 Å². The van der Waals surface area contributed by atoms with E-state index in [0.717, 1.165) is 6.42 Å². The lowest BCUT2D eigenvalue weighted by molar-refractivity contribution is 0.580. The second-order valence-electron chi connectivity index (χ2n) is 4.23. The first-order valence-electron chi connectivity index (χ1n) is 5.62. The minimum absolute atomic E-state index is 0.353. The van der Waals surface area contributed by atoms with Crippen molar-refractivity contribution < 1.29 is 4.39 Å². The molecule has 17 heavy (non-hydrogen) atoms. The third kappa shape index (κ3) is 2.25. The van der Waals surface area contributed by atoms with Gasteiger partial charge in [-0.25, -0.2) is 9.97 Å². The highest BCUT2D eigenvalue weighted by Crippen LogP contribution is 2.42. The van der Waals surface area contributed by atoms with Gasteiger partial charge in [-0.1, -0.05) is 30.3 Å². The topological polar surface area (TPSA) is 37.8 Å². The number of rotatable bonds is 3. The minimum atomic E-state index is -0.501. The number of hydrogen-bond acceptors (Lipinski definition) is 3. The van der Waals surface area contributed by atoms with Crippen molar-refractivity contribution in [3.8, 4) is 0 Å². The highest BCUT2D eigenvalue weighted by Gasteiger charge is 2.38. The van der Waals surface area contributed by atoms with Gasteiger partial charge < -0.3 is 5.32 Å². The average molecular weight is 229 g/mol. The fourth-order valence-corrected chi connectivity index (χ4v) is 2.03. The summed E-state index contributed by atoms with van der Waals surface area (Å²) in [6.45, 7) is 0. The molecule has 1 aromatic carbocycles. The first kappa shape index (κ1) is 10.2. The molecule has 1 saturated carbocycles. The Hall–Kier alpha value is -1.97. The van der Waals surface area contributed by atoms with Gasteiger partial charge in [-0.05, 0) is 12.0 Å². The van der Waals surface area contributed by atoms with E-state index >= 15 is 0 Å². The quantitative estimate of drug-likeness (QED) is 0.822. The molecule has 0 aliphatic heterocycles. The van der Waals surface area contributed by atoms with Crippen LogP contribution in [0, 0.1) is 5.95 Å². The molecule has 1 aliphatic rings. The molecule has 2 atom stereocenters. The van der Waals surface area contributed by atoms with Crippen LogP contribution in [0.3, 0.4) is 0 Å². The number of aromatic nitrogens is 2. The smallest absolute Gasteiger partial charge is 0.217 e. The SMILES string of the molecule is Fc1cc(NC2CC2c2ccccc2)ncn1. The zero-order valence-electron chi connectivity index (χ0n) is 9.18. The van der Waals surface area contributed by atoms with Gasteiger partial charge >= 0.3 is 0 Å². The molecule has 0 radical (unpaired) electrons. The molecule has 2 aromatic rings. The molecule has 0 bridgehead atoms. The fourth-order valence-electron chi connectivity index (χ4n) is 2.03. The Morgan fingerprint density at radius 2 is 2.00 bits per heavy atom. The summed E-state index contributed by atoms with van der Waals surface area (Å²) in [5.74, 6) is 0.564. The van der Waals surface area contributed by atoms with Gasteiger partial charge in [0.25, 0.3) is 0 Å². The van der Waals surface area contributed by atoms with Crippen LogP contribution in [0.2, 0.25) is 0 Å². The number of anilines is 1. The molecule has 0 saturated heterocycles. The number of nitrogens with zero attached hydrogens (tertiary/aromatic N) is 2. The summed E-state index contributed by atoms with van der Waals surface area (Å²) < 4.78 is 12.9. The molecule has 0 spiro atoms. The van der Waals surface area contributed by atoms with Crippen LogP contribution in [-0.2, 0) is 0 Å². The van der Waals surface area contributed by atoms with Crippen LogP contribution < -0.4 is 5.32 Å². The molecule has 3 nitrogen and oxygen atoms in total. The Morgan fingerprint density at radius 3 is 2.76 bits per heavy atom. The normalized spacial score (nSPS) is 22.2. The highest BCUT2D eigenvalue weighted by molar-refractivity contribution is 5.40. The Balaban J connectivity index is 1.66. The monoisotopic (exact) mass is 229 g/mol. The van der Waals surface area contributed by atoms with Gasteiger partial charge in [-0.3, -0.25) is 0 Å². The average Bonchev–Trinajstić information content (AvgIpc) is 3.10. The second kappa shape index (κ2) is 4.13. The summed E-state index contributed by atoms with van der Waals surface area (Å²) >= 11 is 0. The minimum Gasteiger partial charge on any atom is -0.367 e. The van der Waals surface area contributed by atoms with Crippen LogP contribution in [0.1, 0.15) is 17.9 Å². The van der Waals surface area contributed by atoms with E-state index in [1.54, 1.807) is 0 Å². The molecule has 3 rings (SSSR count). The molecular formula is C13H12FN3. The van der Waals surface area contributed by atoms with Gasteiger partial charge in [-0.2, -0.15) is 4.39 Å². The molecular weight excluding hydrogens is 217 g/mol. The lowest BCUT2D eigenvalue weighted by Crippen LogP contribution is -2.06. The lowest BCUT2D eigenvalue weighted by atomic mass is 10.1. The maximum absolute atomic E-state index is 12.9. The van der Waals surface area contributed by atoms with Crippen LogP contribution in [-0.4, -0.2) is 16.0 Å². The van der Waals surface area contributed by atoms with Gasteiger partial charge in [0.1, 0.15) is 12.1 Å². The van der Waals surface area contributed by atoms with Crippen LogP contribution in [0.4, 0.5) is 10.2 Å². The van der Waals surface area contributed by atoms with Gasteiger partial charge in [0.05, 0.1) is 0 Å². The molecule has 1 aliphatic carbocycles. The molecule has 0 amide bonds. The van der Waals surface area contributed by atoms with Crippen LogP contribution in [0.15, 0.2) is 42.7 Å². The summed E-state index contributed by atoms with van der Waals surface area (Å²) in [6, 6.07) is 12.0. The zero-order valence-corrected chi connectivity index (χ0v) is 9.18. The van der Waals surface area contributed by atoms with Crippen molar-refractivity contribution in [1.29, 1.82) is 0 Å². The largest absolute Gasteiger partial charge is 0.367 e. The summed E-state index contributed by atoms with van der Waals surface area (Å²) in [5.41, 5.74) is 1.32. The van der Waals surface area contributed by atoms with Crippen LogP contribution in [0.25, 0.3) is 0 Å². The van der Waals surface area contributed by atoms with E-state index in [2.05, 4.69) is 27.4 Å². The van der Waals surface area contributed by atoms with Crippen LogP contribution >= 0.6 is 0 Å². The van der Waals surface area contributed by atoms with Crippen molar-refractivity contribution in [3.63, 3.8) is 0 Å². The molecule has 1 heterocycles. The predicted molar refractivity (Wildman–Crippen MR) is 63.2 cm³/mol. The highest BCUT2D eigenvalue weighted by atomic mass is 19.1. The third-order valence-electron chi connectivity index (χ3n) is 2.99. The van der Waals surface area contributed by atoms with Gasteiger partial charge in [0, 0.05) is 18.0 Å². The van der Waals surface area contributed by atoms with Crippen molar-refractivity contribution in [2.75, 3.05) is 5.32 Å². The van der Waals surface area contributed by atoms with Crippen molar-refractivity contribution >= 4 is 5.82 Å². The first-order chi connectivity index (χ1) is 8.33. The van der Waals surface area contributed by atoms with Crippen LogP contribution in [0.5, 0.6) is 0 Å². The third-order valence-corrected chi connectivity index (χ3v) is 2.99. The van der Waals surface area contributed by atoms with E-state index < -0.39 is 5.95 Å². The van der Waals surface area contributed by atoms with Crippen molar-refractivity contribution in [2.24, 2.45) is 0 Å². The summed E-state index contributed by atoms with van der Waals surface area (Å²) in [7, 11) is 0. The van der Waals surface area contributed by atoms with Gasteiger partial charge in [0.2, 0.25) is 5.95 Å². The second-order valence-corrected chi connectivity index (χ2v) is 4.23. The summed E-state index contributed by atoms with van der Waals surface area (Å²) in [5, 5.41) is 3.21. The number of halogens is 1. The molecule has 1 aromatic heterocycles. The van der Waals surface area contributed by atoms with Crippen molar-refractivity contribution in [1.82, 2.24) is 9.97 Å². The van der Waals surface area contributed by atoms with E-state index in [4.69, 9.17) is 0 Å². The predicted octanol–water partition coefficient (Wildman–Crippen LogP) is 2.58. The Bertz CT molecular complexity index is 515. The number of hydrogen-bond donors (Lipinski definition) is 1. The molecule has 86 valence electrons. The molecule has 1 fully saturated rings. The van der Waals surface area contributed by atoms with E-state index in [9.17, 15) is 4.39 Å². The molecule has 1 N–H and O–H groups in total. The fraction of sp³-hybridized carbons (Fsp3) is 0.231. The lowest BCUT2D eigenvalue weighted by Gasteiger charge is -2.04. The van der Waals surface area contributed by atoms with E-state index in [-0.39, 0.29) is 0 Å². The summed E-state index contributed by atoms with van der Waals surface area (Å²) in [6.07, 6.45) is 2.30. The standard InChI is InChI=1S/C13H12FN3/c14-12-7-13(16-8-15-12)17-11-6-10(11)9-4-2-1-3-5-9/h1-5,7-8,10-11H,6H2,(H,15,16,17). The van der Waals surface area contributed by atoms with Gasteiger partial charge in [-0.15, -0.1) is 0 Å². The van der Waals surface area contributed by atoms with E-state index in [1.807, 2.05) is 18.2 Å². The maximum Gasteiger partial charge on any atom is 0.217 e. The molecule has 4 heteroatoms. The zero-order chi connectivity index (χ0) is 11.7. The maximum atomic E-state index is 12.9. The Morgan fingerprint density at radius 1 is 1.18 bits per heavy atom. The first-order valence-corrected chi connectivity index (χ1v) is 5.62. The van der Waals surface area contributed by atoms with Crippen molar-refractivity contribution in [2.45, 2.75) is 18.4 Å². The van der Waals surface area contributed by atoms with E-state index in [1.165, 1.54) is 18.0 Å². The van der Waals surface area contributed by atoms with Crippen molar-refractivity contribution in [3.05, 3.63) is 54.2 Å². The Labute approximate surface area is 98.7 Å². The summed E-state index contributed by atoms with van der Waals surface area (Å²) in [4.78, 5) is 7.41. The van der Waals surface area contributed by atoms with Gasteiger partial charge in [0.15, 0.2) is 0 Å². The number of benzene rings is 1. The Kier molecular flexibility index (Phi) is 2.48.